The van der Waals surface area contributed by atoms with Crippen LogP contribution in [0.1, 0.15) is 12.5 Å². The summed E-state index contributed by atoms with van der Waals surface area (Å²) in [5.41, 5.74) is -0.0905. The molecule has 0 fully saturated rings. The van der Waals surface area contributed by atoms with Crippen LogP contribution < -0.4 is 0 Å². The molecule has 3 nitrogen and oxygen atoms in total. The van der Waals surface area contributed by atoms with Crippen molar-refractivity contribution in [2.75, 3.05) is 26.8 Å². The minimum atomic E-state index is -0.593. The summed E-state index contributed by atoms with van der Waals surface area (Å²) in [5, 5.41) is 18.9. The Labute approximate surface area is 112 Å². The molecule has 0 saturated heterocycles. The highest BCUT2D eigenvalue weighted by Crippen LogP contribution is 2.20. The van der Waals surface area contributed by atoms with E-state index in [0.717, 1.165) is 0 Å². The topological polar surface area (TPSA) is 43.7 Å². The number of benzene rings is 1. The fraction of sp³-hybridized carbons (Fsp3) is 0.538. The highest BCUT2D eigenvalue weighted by Gasteiger charge is 2.24. The molecule has 0 atom stereocenters. The Morgan fingerprint density at radius 2 is 1.94 bits per heavy atom. The summed E-state index contributed by atoms with van der Waals surface area (Å²) in [6.45, 7) is 2.38. The molecule has 0 heterocycles. The molecule has 0 aliphatic rings. The van der Waals surface area contributed by atoms with Crippen LogP contribution in [-0.2, 0) is 6.54 Å². The molecule has 1 aromatic carbocycles. The lowest BCUT2D eigenvalue weighted by molar-refractivity contribution is 0.0400. The standard InChI is InChI=1S/C13H19ClFNO2/c1-13(8-17,9-18)7-16(2)6-10-5-11(14)3-4-12(10)15/h3-5,17-18H,6-9H2,1-2H3. The number of rotatable bonds is 6. The van der Waals surface area contributed by atoms with Gasteiger partial charge in [0.05, 0.1) is 13.2 Å². The Morgan fingerprint density at radius 3 is 2.50 bits per heavy atom. The maximum atomic E-state index is 13.5. The molecule has 1 rings (SSSR count). The van der Waals surface area contributed by atoms with Crippen LogP contribution in [0.4, 0.5) is 4.39 Å². The van der Waals surface area contributed by atoms with E-state index in [0.29, 0.717) is 23.7 Å². The van der Waals surface area contributed by atoms with Crippen molar-refractivity contribution >= 4 is 11.6 Å². The highest BCUT2D eigenvalue weighted by molar-refractivity contribution is 6.30. The Hall–Kier alpha value is -0.680. The predicted molar refractivity (Wildman–Crippen MR) is 70.0 cm³/mol. The van der Waals surface area contributed by atoms with Crippen molar-refractivity contribution in [2.45, 2.75) is 13.5 Å². The molecule has 102 valence electrons. The maximum Gasteiger partial charge on any atom is 0.127 e. The Kier molecular flexibility index (Phi) is 5.53. The van der Waals surface area contributed by atoms with Gasteiger partial charge >= 0.3 is 0 Å². The van der Waals surface area contributed by atoms with Crippen molar-refractivity contribution in [1.82, 2.24) is 4.90 Å². The zero-order chi connectivity index (χ0) is 13.8. The Balaban J connectivity index is 2.70. The zero-order valence-electron chi connectivity index (χ0n) is 10.7. The number of aliphatic hydroxyl groups is 2. The lowest BCUT2D eigenvalue weighted by Gasteiger charge is -2.30. The van der Waals surface area contributed by atoms with E-state index in [2.05, 4.69) is 0 Å². The third kappa shape index (κ3) is 4.21. The molecule has 0 saturated carbocycles. The molecule has 0 amide bonds. The van der Waals surface area contributed by atoms with Gasteiger partial charge in [0, 0.05) is 29.1 Å². The van der Waals surface area contributed by atoms with Crippen LogP contribution in [0.5, 0.6) is 0 Å². The Morgan fingerprint density at radius 1 is 1.33 bits per heavy atom. The summed E-state index contributed by atoms with van der Waals surface area (Å²) >= 11 is 5.82. The van der Waals surface area contributed by atoms with Gasteiger partial charge in [-0.1, -0.05) is 18.5 Å². The molecule has 0 spiro atoms. The molecule has 0 aliphatic heterocycles. The van der Waals surface area contributed by atoms with Crippen LogP contribution in [0.2, 0.25) is 5.02 Å². The number of halogens is 2. The first kappa shape index (κ1) is 15.4. The smallest absolute Gasteiger partial charge is 0.127 e. The van der Waals surface area contributed by atoms with Crippen LogP contribution >= 0.6 is 11.6 Å². The summed E-state index contributed by atoms with van der Waals surface area (Å²) in [7, 11) is 1.81. The lowest BCUT2D eigenvalue weighted by Crippen LogP contribution is -2.38. The number of aliphatic hydroxyl groups excluding tert-OH is 2. The van der Waals surface area contributed by atoms with Crippen molar-refractivity contribution in [3.63, 3.8) is 0 Å². The molecule has 18 heavy (non-hydrogen) atoms. The fourth-order valence-electron chi connectivity index (χ4n) is 1.81. The first-order chi connectivity index (χ1) is 8.40. The maximum absolute atomic E-state index is 13.5. The molecular formula is C13H19ClFNO2. The largest absolute Gasteiger partial charge is 0.396 e. The van der Waals surface area contributed by atoms with E-state index in [9.17, 15) is 14.6 Å². The van der Waals surface area contributed by atoms with E-state index in [1.54, 1.807) is 13.0 Å². The molecule has 2 N–H and O–H groups in total. The number of hydrogen-bond acceptors (Lipinski definition) is 3. The van der Waals surface area contributed by atoms with E-state index in [1.165, 1.54) is 12.1 Å². The number of hydrogen-bond donors (Lipinski definition) is 2. The van der Waals surface area contributed by atoms with Crippen LogP contribution in [0.25, 0.3) is 0 Å². The van der Waals surface area contributed by atoms with Gasteiger partial charge < -0.3 is 15.1 Å². The minimum absolute atomic E-state index is 0.119. The van der Waals surface area contributed by atoms with Crippen molar-refractivity contribution in [3.8, 4) is 0 Å². The van der Waals surface area contributed by atoms with Gasteiger partial charge in [-0.05, 0) is 25.2 Å². The fourth-order valence-corrected chi connectivity index (χ4v) is 2.01. The molecular weight excluding hydrogens is 257 g/mol. The van der Waals surface area contributed by atoms with E-state index in [-0.39, 0.29) is 19.0 Å². The van der Waals surface area contributed by atoms with Gasteiger partial charge in [-0.2, -0.15) is 0 Å². The first-order valence-electron chi connectivity index (χ1n) is 5.74. The summed E-state index contributed by atoms with van der Waals surface area (Å²) in [6, 6.07) is 4.43. The minimum Gasteiger partial charge on any atom is -0.396 e. The van der Waals surface area contributed by atoms with E-state index >= 15 is 0 Å². The van der Waals surface area contributed by atoms with E-state index in [4.69, 9.17) is 11.6 Å². The molecule has 0 aliphatic carbocycles. The average Bonchev–Trinajstić information content (AvgIpc) is 2.33. The molecule has 0 unspecified atom stereocenters. The molecule has 0 bridgehead atoms. The second-order valence-electron chi connectivity index (χ2n) is 5.03. The third-order valence-electron chi connectivity index (χ3n) is 2.86. The second kappa shape index (κ2) is 6.48. The summed E-state index contributed by atoms with van der Waals surface area (Å²) in [6.07, 6.45) is 0. The molecule has 0 radical (unpaired) electrons. The Bertz CT molecular complexity index is 397. The van der Waals surface area contributed by atoms with Gasteiger partial charge in [-0.15, -0.1) is 0 Å². The molecule has 5 heteroatoms. The monoisotopic (exact) mass is 275 g/mol. The van der Waals surface area contributed by atoms with Crippen molar-refractivity contribution in [3.05, 3.63) is 34.6 Å². The SMILES string of the molecule is CN(Cc1cc(Cl)ccc1F)CC(C)(CO)CO. The van der Waals surface area contributed by atoms with Crippen LogP contribution in [0.15, 0.2) is 18.2 Å². The van der Waals surface area contributed by atoms with Crippen molar-refractivity contribution in [1.29, 1.82) is 0 Å². The van der Waals surface area contributed by atoms with Gasteiger partial charge in [0.1, 0.15) is 5.82 Å². The summed E-state index contributed by atoms with van der Waals surface area (Å²) in [4.78, 5) is 1.85. The normalized spacial score (nSPS) is 12.2. The predicted octanol–water partition coefficient (Wildman–Crippen LogP) is 1.90. The third-order valence-corrected chi connectivity index (χ3v) is 3.10. The number of nitrogens with zero attached hydrogens (tertiary/aromatic N) is 1. The molecule has 0 aromatic heterocycles. The lowest BCUT2D eigenvalue weighted by atomic mass is 9.92. The molecule has 1 aromatic rings. The van der Waals surface area contributed by atoms with E-state index in [1.807, 2.05) is 11.9 Å². The van der Waals surface area contributed by atoms with E-state index < -0.39 is 5.41 Å². The van der Waals surface area contributed by atoms with Crippen LogP contribution in [0.3, 0.4) is 0 Å². The van der Waals surface area contributed by atoms with Gasteiger partial charge in [-0.25, -0.2) is 4.39 Å². The van der Waals surface area contributed by atoms with Crippen LogP contribution in [0, 0.1) is 11.2 Å². The zero-order valence-corrected chi connectivity index (χ0v) is 11.4. The van der Waals surface area contributed by atoms with Gasteiger partial charge in [0.25, 0.3) is 0 Å². The average molecular weight is 276 g/mol. The van der Waals surface area contributed by atoms with Crippen molar-refractivity contribution < 1.29 is 14.6 Å². The first-order valence-corrected chi connectivity index (χ1v) is 6.12. The van der Waals surface area contributed by atoms with Crippen LogP contribution in [-0.4, -0.2) is 41.9 Å². The quantitative estimate of drug-likeness (QED) is 0.833. The second-order valence-corrected chi connectivity index (χ2v) is 5.47. The van der Waals surface area contributed by atoms with Gasteiger partial charge in [-0.3, -0.25) is 0 Å². The van der Waals surface area contributed by atoms with Gasteiger partial charge in [0.2, 0.25) is 0 Å². The summed E-state index contributed by atoms with van der Waals surface area (Å²) in [5.74, 6) is -0.305. The summed E-state index contributed by atoms with van der Waals surface area (Å²) < 4.78 is 13.5. The highest BCUT2D eigenvalue weighted by atomic mass is 35.5. The van der Waals surface area contributed by atoms with Crippen molar-refractivity contribution in [2.24, 2.45) is 5.41 Å². The van der Waals surface area contributed by atoms with Gasteiger partial charge in [0.15, 0.2) is 0 Å².